The monoisotopic (exact) mass is 220 g/mol. The zero-order valence-corrected chi connectivity index (χ0v) is 9.88. The van der Waals surface area contributed by atoms with Gasteiger partial charge in [0.25, 0.3) is 11.4 Å². The van der Waals surface area contributed by atoms with Crippen LogP contribution in [0.3, 0.4) is 0 Å². The van der Waals surface area contributed by atoms with E-state index < -0.39 is 11.4 Å². The van der Waals surface area contributed by atoms with E-state index in [1.807, 2.05) is 0 Å². The maximum absolute atomic E-state index is 8.67. The Morgan fingerprint density at radius 1 is 1.29 bits per heavy atom. The van der Waals surface area contributed by atoms with Crippen LogP contribution in [0.5, 0.6) is 0 Å². The third-order valence-electron chi connectivity index (χ3n) is 4.20. The molecule has 0 amide bonds. The van der Waals surface area contributed by atoms with E-state index in [2.05, 4.69) is 20.8 Å². The highest BCUT2D eigenvalue weighted by molar-refractivity contribution is 7.73. The van der Waals surface area contributed by atoms with Crippen LogP contribution in [0.1, 0.15) is 40.0 Å². The van der Waals surface area contributed by atoms with Crippen molar-refractivity contribution in [3.05, 3.63) is 0 Å². The Labute approximate surface area is 88.4 Å². The predicted octanol–water partition coefficient (Wildman–Crippen LogP) is 2.76. The summed E-state index contributed by atoms with van der Waals surface area (Å²) in [6.07, 6.45) is 4.54. The number of rotatable bonds is 0. The second-order valence-electron chi connectivity index (χ2n) is 5.15. The molecular formula is C10H20O3S. The molecule has 3 nitrogen and oxygen atoms in total. The van der Waals surface area contributed by atoms with Crippen molar-refractivity contribution in [1.82, 2.24) is 0 Å². The molecule has 3 saturated carbocycles. The van der Waals surface area contributed by atoms with E-state index in [1.54, 1.807) is 0 Å². The molecular weight excluding hydrogens is 200 g/mol. The highest BCUT2D eigenvalue weighted by Crippen LogP contribution is 2.61. The van der Waals surface area contributed by atoms with Crippen LogP contribution in [0.2, 0.25) is 0 Å². The molecule has 4 heteroatoms. The molecule has 0 heterocycles. The van der Waals surface area contributed by atoms with Crippen molar-refractivity contribution in [3.8, 4) is 0 Å². The zero-order chi connectivity index (χ0) is 10.9. The second-order valence-corrected chi connectivity index (χ2v) is 5.61. The van der Waals surface area contributed by atoms with Crippen molar-refractivity contribution >= 4 is 11.4 Å². The lowest BCUT2D eigenvalue weighted by molar-refractivity contribution is -0.0988. The van der Waals surface area contributed by atoms with Gasteiger partial charge < -0.3 is 0 Å². The van der Waals surface area contributed by atoms with Gasteiger partial charge in [0.05, 0.1) is 0 Å². The van der Waals surface area contributed by atoms with Crippen molar-refractivity contribution in [2.45, 2.75) is 40.0 Å². The Balaban J connectivity index is 0.000000213. The van der Waals surface area contributed by atoms with Crippen LogP contribution in [0.4, 0.5) is 0 Å². The molecule has 3 aliphatic carbocycles. The lowest BCUT2D eigenvalue weighted by Gasteiger charge is -2.59. The molecule has 0 aliphatic heterocycles. The predicted molar refractivity (Wildman–Crippen MR) is 57.2 cm³/mol. The average Bonchev–Trinajstić information content (AvgIpc) is 2.02. The van der Waals surface area contributed by atoms with Gasteiger partial charge in [-0.1, -0.05) is 27.2 Å². The molecule has 0 aromatic carbocycles. The van der Waals surface area contributed by atoms with Gasteiger partial charge in [0, 0.05) is 0 Å². The Morgan fingerprint density at radius 2 is 1.79 bits per heavy atom. The second kappa shape index (κ2) is 4.29. The zero-order valence-electron chi connectivity index (χ0n) is 9.06. The van der Waals surface area contributed by atoms with Crippen LogP contribution in [-0.4, -0.2) is 13.3 Å². The van der Waals surface area contributed by atoms with Crippen LogP contribution in [-0.2, 0) is 11.4 Å². The van der Waals surface area contributed by atoms with E-state index in [0.717, 1.165) is 17.8 Å². The van der Waals surface area contributed by atoms with Gasteiger partial charge in [-0.15, -0.1) is 0 Å². The first-order valence-corrected chi connectivity index (χ1v) is 6.22. The maximum Gasteiger partial charge on any atom is 0.299 e. The van der Waals surface area contributed by atoms with Crippen LogP contribution >= 0.6 is 0 Å². The summed E-state index contributed by atoms with van der Waals surface area (Å²) < 4.78 is 22.8. The molecule has 3 aliphatic rings. The fraction of sp³-hybridized carbons (Fsp3) is 1.00. The summed E-state index contributed by atoms with van der Waals surface area (Å²) in [4.78, 5) is 0. The quantitative estimate of drug-likeness (QED) is 0.617. The third-order valence-corrected chi connectivity index (χ3v) is 4.20. The maximum atomic E-state index is 8.67. The fourth-order valence-electron chi connectivity index (χ4n) is 3.18. The van der Waals surface area contributed by atoms with Crippen molar-refractivity contribution < 1.29 is 13.3 Å². The van der Waals surface area contributed by atoms with Gasteiger partial charge in [-0.25, -0.2) is 0 Å². The number of hydrogen-bond donors (Lipinski definition) is 2. The molecule has 84 valence electrons. The molecule has 3 rings (SSSR count). The first kappa shape index (κ1) is 12.1. The lowest BCUT2D eigenvalue weighted by Crippen LogP contribution is -2.51. The van der Waals surface area contributed by atoms with Crippen molar-refractivity contribution in [3.63, 3.8) is 0 Å². The van der Waals surface area contributed by atoms with E-state index in [0.29, 0.717) is 5.41 Å². The third kappa shape index (κ3) is 2.35. The van der Waals surface area contributed by atoms with Crippen molar-refractivity contribution in [2.24, 2.45) is 23.2 Å². The molecule has 0 spiro atoms. The summed E-state index contributed by atoms with van der Waals surface area (Å²) in [6, 6.07) is 0. The van der Waals surface area contributed by atoms with Crippen molar-refractivity contribution in [1.29, 1.82) is 0 Å². The Morgan fingerprint density at radius 3 is 2.00 bits per heavy atom. The number of fused-ring (bicyclic) bond motifs is 2. The van der Waals surface area contributed by atoms with Crippen LogP contribution in [0.15, 0.2) is 0 Å². The highest BCUT2D eigenvalue weighted by atomic mass is 32.2. The first-order chi connectivity index (χ1) is 6.35. The molecule has 0 saturated heterocycles. The largest absolute Gasteiger partial charge is 0.299 e. The first-order valence-electron chi connectivity index (χ1n) is 5.15. The van der Waals surface area contributed by atoms with Gasteiger partial charge in [-0.05, 0) is 36.0 Å². The smallest absolute Gasteiger partial charge is 0.284 e. The van der Waals surface area contributed by atoms with Crippen LogP contribution in [0.25, 0.3) is 0 Å². The molecule has 0 radical (unpaired) electrons. The van der Waals surface area contributed by atoms with Crippen molar-refractivity contribution in [2.75, 3.05) is 0 Å². The minimum atomic E-state index is -2.61. The molecule has 3 fully saturated rings. The normalized spacial score (nSPS) is 38.3. The van der Waals surface area contributed by atoms with E-state index in [9.17, 15) is 0 Å². The molecule has 2 N–H and O–H groups in total. The van der Waals surface area contributed by atoms with Gasteiger partial charge in [0.1, 0.15) is 0 Å². The SMILES string of the molecule is CC1CCC2CC1C2(C)C.O=S(O)O. The van der Waals surface area contributed by atoms with Crippen LogP contribution in [0, 0.1) is 23.2 Å². The van der Waals surface area contributed by atoms with Crippen LogP contribution < -0.4 is 0 Å². The number of hydrogen-bond acceptors (Lipinski definition) is 1. The topological polar surface area (TPSA) is 57.5 Å². The Kier molecular flexibility index (Phi) is 3.72. The lowest BCUT2D eigenvalue weighted by atomic mass is 9.46. The van der Waals surface area contributed by atoms with Gasteiger partial charge in [0.15, 0.2) is 0 Å². The van der Waals surface area contributed by atoms with Gasteiger partial charge in [0.2, 0.25) is 0 Å². The summed E-state index contributed by atoms with van der Waals surface area (Å²) >= 11 is -2.61. The fourth-order valence-corrected chi connectivity index (χ4v) is 3.18. The minimum Gasteiger partial charge on any atom is -0.284 e. The van der Waals surface area contributed by atoms with Gasteiger partial charge in [-0.2, -0.15) is 4.21 Å². The van der Waals surface area contributed by atoms with E-state index in [4.69, 9.17) is 13.3 Å². The van der Waals surface area contributed by atoms with E-state index in [1.165, 1.54) is 19.3 Å². The summed E-state index contributed by atoms with van der Waals surface area (Å²) in [5, 5.41) is 0. The average molecular weight is 220 g/mol. The molecule has 3 atom stereocenters. The summed E-state index contributed by atoms with van der Waals surface area (Å²) in [7, 11) is 0. The Bertz CT molecular complexity index is 221. The Hall–Kier alpha value is 0.0700. The molecule has 3 unspecified atom stereocenters. The minimum absolute atomic E-state index is 0.706. The van der Waals surface area contributed by atoms with Gasteiger partial charge in [-0.3, -0.25) is 9.11 Å². The molecule has 0 aromatic heterocycles. The summed E-state index contributed by atoms with van der Waals surface area (Å²) in [5.41, 5.74) is 0.706. The van der Waals surface area contributed by atoms with E-state index >= 15 is 0 Å². The molecule has 14 heavy (non-hydrogen) atoms. The summed E-state index contributed by atoms with van der Waals surface area (Å²) in [5.74, 6) is 3.15. The molecule has 2 bridgehead atoms. The highest BCUT2D eigenvalue weighted by Gasteiger charge is 2.52. The van der Waals surface area contributed by atoms with E-state index in [-0.39, 0.29) is 0 Å². The van der Waals surface area contributed by atoms with Gasteiger partial charge >= 0.3 is 0 Å². The standard InChI is InChI=1S/C10H18.H2O3S/c1-7-4-5-8-6-9(7)10(8,2)3;1-4(2)3/h7-9H,4-6H2,1-3H3;(H2,1,2,3). The molecule has 0 aromatic rings. The summed E-state index contributed by atoms with van der Waals surface area (Å²) in [6.45, 7) is 7.35.